The maximum absolute atomic E-state index is 2.76. The van der Waals surface area contributed by atoms with Crippen molar-refractivity contribution >= 4 is 21.7 Å². The SMILES string of the molecule is CCC1(C)c2cc3c(c4ccc5ccc[n+](c5c24)C1(C)CC)C1CC2(C)C4(C)CC3(C)C124. The molecule has 7 atom stereocenters. The first-order valence-corrected chi connectivity index (χ1v) is 13.1. The molecule has 1 aliphatic heterocycles. The maximum Gasteiger partial charge on any atom is 0.221 e. The molecule has 32 heavy (non-hydrogen) atoms. The monoisotopic (exact) mass is 422 g/mol. The van der Waals surface area contributed by atoms with E-state index in [0.29, 0.717) is 21.7 Å². The van der Waals surface area contributed by atoms with Crippen molar-refractivity contribution in [2.75, 3.05) is 0 Å². The maximum atomic E-state index is 2.76. The Hall–Kier alpha value is -1.89. The van der Waals surface area contributed by atoms with E-state index in [1.165, 1.54) is 30.2 Å². The summed E-state index contributed by atoms with van der Waals surface area (Å²) in [7, 11) is 0. The lowest BCUT2D eigenvalue weighted by molar-refractivity contribution is -0.750. The summed E-state index contributed by atoms with van der Waals surface area (Å²) in [5.41, 5.74) is 8.91. The molecule has 4 aliphatic carbocycles. The van der Waals surface area contributed by atoms with E-state index in [0.717, 1.165) is 12.3 Å². The van der Waals surface area contributed by atoms with Gasteiger partial charge in [-0.25, -0.2) is 0 Å². The number of fused-ring (bicyclic) bond motifs is 5. The number of pyridine rings is 1. The standard InChI is InChI=1S/C31H36N/c1-8-26(3)21-15-20-23(22-16-28(5)29(6)17-27(20,4)31(22,28)29)19-13-12-18-11-10-14-32(25(18)24(19)21)30(26,7)9-2/h10-15,22H,8-9,16-17H2,1-7H3/q+1. The van der Waals surface area contributed by atoms with Crippen LogP contribution >= 0.6 is 0 Å². The molecule has 0 amide bonds. The van der Waals surface area contributed by atoms with Crippen molar-refractivity contribution in [2.24, 2.45) is 16.2 Å². The van der Waals surface area contributed by atoms with Gasteiger partial charge in [0.15, 0.2) is 11.7 Å². The summed E-state index contributed by atoms with van der Waals surface area (Å²) in [5, 5.41) is 4.57. The van der Waals surface area contributed by atoms with Gasteiger partial charge in [0.1, 0.15) is 0 Å². The van der Waals surface area contributed by atoms with Crippen LogP contribution < -0.4 is 4.57 Å². The number of hydrogen-bond acceptors (Lipinski definition) is 0. The number of hydrogen-bond donors (Lipinski definition) is 0. The lowest BCUT2D eigenvalue weighted by atomic mass is 9.50. The minimum absolute atomic E-state index is 0.0791. The summed E-state index contributed by atoms with van der Waals surface area (Å²) in [4.78, 5) is 0. The zero-order valence-corrected chi connectivity index (χ0v) is 20.8. The lowest BCUT2D eigenvalue weighted by Gasteiger charge is -2.52. The quantitative estimate of drug-likeness (QED) is 0.302. The highest BCUT2D eigenvalue weighted by Gasteiger charge is 3.03. The minimum atomic E-state index is 0.0791. The summed E-state index contributed by atoms with van der Waals surface area (Å²) in [6.45, 7) is 17.8. The lowest BCUT2D eigenvalue weighted by Crippen LogP contribution is -2.66. The van der Waals surface area contributed by atoms with Gasteiger partial charge in [0.25, 0.3) is 0 Å². The van der Waals surface area contributed by atoms with Gasteiger partial charge in [-0.1, -0.05) is 46.8 Å². The van der Waals surface area contributed by atoms with Gasteiger partial charge in [-0.05, 0) is 82.6 Å². The van der Waals surface area contributed by atoms with Crippen LogP contribution in [-0.2, 0) is 16.4 Å². The Kier molecular flexibility index (Phi) is 2.63. The van der Waals surface area contributed by atoms with Crippen LogP contribution in [0.3, 0.4) is 0 Å². The molecule has 3 saturated carbocycles. The Labute approximate surface area is 192 Å². The molecule has 1 nitrogen and oxygen atoms in total. The fraction of sp³-hybridized carbons (Fsp3) is 0.581. The van der Waals surface area contributed by atoms with Gasteiger partial charge in [0.05, 0.1) is 10.8 Å². The van der Waals surface area contributed by atoms with Crippen molar-refractivity contribution in [2.45, 2.75) is 96.4 Å². The van der Waals surface area contributed by atoms with Crippen LogP contribution in [0.5, 0.6) is 0 Å². The molecule has 8 rings (SSSR count). The van der Waals surface area contributed by atoms with E-state index < -0.39 is 0 Å². The van der Waals surface area contributed by atoms with Crippen molar-refractivity contribution in [1.29, 1.82) is 0 Å². The van der Waals surface area contributed by atoms with Gasteiger partial charge in [-0.2, -0.15) is 4.57 Å². The van der Waals surface area contributed by atoms with Crippen LogP contribution in [0.25, 0.3) is 21.7 Å². The first-order valence-electron chi connectivity index (χ1n) is 13.1. The van der Waals surface area contributed by atoms with E-state index in [9.17, 15) is 0 Å². The molecule has 0 saturated heterocycles. The Morgan fingerprint density at radius 3 is 2.38 bits per heavy atom. The average Bonchev–Trinajstić information content (AvgIpc) is 2.96. The number of rotatable bonds is 2. The van der Waals surface area contributed by atoms with Crippen LogP contribution in [0.2, 0.25) is 0 Å². The van der Waals surface area contributed by atoms with E-state index in [4.69, 9.17) is 0 Å². The largest absolute Gasteiger partial charge is 0.221 e. The van der Waals surface area contributed by atoms with Crippen molar-refractivity contribution in [3.8, 4) is 0 Å². The van der Waals surface area contributed by atoms with E-state index in [2.05, 4.69) is 89.6 Å². The fourth-order valence-electron chi connectivity index (χ4n) is 11.6. The number of nitrogens with zero attached hydrogens (tertiary/aromatic N) is 1. The summed E-state index contributed by atoms with van der Waals surface area (Å²) < 4.78 is 2.67. The van der Waals surface area contributed by atoms with Crippen molar-refractivity contribution in [3.05, 3.63) is 53.2 Å². The minimum Gasteiger partial charge on any atom is -0.192 e. The first kappa shape index (κ1) is 18.5. The molecular weight excluding hydrogens is 386 g/mol. The Bertz CT molecular complexity index is 1440. The topological polar surface area (TPSA) is 3.88 Å². The summed E-state index contributed by atoms with van der Waals surface area (Å²) in [5.74, 6) is 0.780. The van der Waals surface area contributed by atoms with Gasteiger partial charge >= 0.3 is 0 Å². The van der Waals surface area contributed by atoms with E-state index in [1.807, 2.05) is 0 Å². The highest BCUT2D eigenvalue weighted by atomic mass is 15.1. The second-order valence-electron chi connectivity index (χ2n) is 13.2. The van der Waals surface area contributed by atoms with Crippen LogP contribution in [0, 0.1) is 16.2 Å². The molecule has 7 unspecified atom stereocenters. The van der Waals surface area contributed by atoms with Crippen LogP contribution in [0.1, 0.15) is 96.8 Å². The van der Waals surface area contributed by atoms with Gasteiger partial charge in [-0.15, -0.1) is 0 Å². The molecule has 0 N–H and O–H groups in total. The molecule has 164 valence electrons. The third-order valence-electron chi connectivity index (χ3n) is 13.4. The van der Waals surface area contributed by atoms with Gasteiger partial charge in [0.2, 0.25) is 5.52 Å². The Morgan fingerprint density at radius 2 is 1.72 bits per heavy atom. The second kappa shape index (κ2) is 4.55. The van der Waals surface area contributed by atoms with Crippen molar-refractivity contribution in [3.63, 3.8) is 0 Å². The fourth-order valence-corrected chi connectivity index (χ4v) is 11.6. The van der Waals surface area contributed by atoms with Crippen LogP contribution in [-0.4, -0.2) is 0 Å². The molecule has 1 spiro atoms. The van der Waals surface area contributed by atoms with Gasteiger partial charge in [0, 0.05) is 30.2 Å². The normalized spacial score (nSPS) is 48.3. The third-order valence-corrected chi connectivity index (χ3v) is 13.4. The molecule has 2 aromatic carbocycles. The summed E-state index contributed by atoms with van der Waals surface area (Å²) >= 11 is 0. The molecule has 1 heteroatoms. The van der Waals surface area contributed by atoms with Crippen LogP contribution in [0.4, 0.5) is 0 Å². The molecular formula is C31H36N+. The first-order chi connectivity index (χ1) is 15.1. The zero-order valence-electron chi connectivity index (χ0n) is 20.8. The van der Waals surface area contributed by atoms with E-state index in [1.54, 1.807) is 27.5 Å². The Morgan fingerprint density at radius 1 is 0.938 bits per heavy atom. The molecule has 1 aromatic heterocycles. The number of benzene rings is 2. The molecule has 2 heterocycles. The smallest absolute Gasteiger partial charge is 0.192 e. The summed E-state index contributed by atoms with van der Waals surface area (Å²) in [6.07, 6.45) is 7.49. The molecule has 5 aliphatic rings. The molecule has 3 fully saturated rings. The van der Waals surface area contributed by atoms with Crippen LogP contribution in [0.15, 0.2) is 36.5 Å². The summed E-state index contributed by atoms with van der Waals surface area (Å²) in [6, 6.07) is 12.3. The highest BCUT2D eigenvalue weighted by molar-refractivity contribution is 6.09. The molecule has 3 aromatic rings. The molecule has 0 bridgehead atoms. The average molecular weight is 423 g/mol. The van der Waals surface area contributed by atoms with Crippen molar-refractivity contribution < 1.29 is 4.57 Å². The highest BCUT2D eigenvalue weighted by Crippen LogP contribution is 3.08. The van der Waals surface area contributed by atoms with Gasteiger partial charge < -0.3 is 0 Å². The van der Waals surface area contributed by atoms with E-state index in [-0.39, 0.29) is 11.0 Å². The predicted octanol–water partition coefficient (Wildman–Crippen LogP) is 7.26. The van der Waals surface area contributed by atoms with E-state index >= 15 is 0 Å². The van der Waals surface area contributed by atoms with Crippen molar-refractivity contribution in [1.82, 2.24) is 0 Å². The second-order valence-corrected chi connectivity index (χ2v) is 13.2. The van der Waals surface area contributed by atoms with Gasteiger partial charge in [-0.3, -0.25) is 0 Å². The number of aromatic nitrogens is 1. The third kappa shape index (κ3) is 1.24. The molecule has 0 radical (unpaired) electrons. The zero-order chi connectivity index (χ0) is 22.3. The Balaban J connectivity index is 1.58. The predicted molar refractivity (Wildman–Crippen MR) is 131 cm³/mol.